The Labute approximate surface area is 143 Å². The van der Waals surface area contributed by atoms with Gasteiger partial charge in [0.05, 0.1) is 0 Å². The summed E-state index contributed by atoms with van der Waals surface area (Å²) in [5, 5.41) is 3.03. The van der Waals surface area contributed by atoms with E-state index in [1.54, 1.807) is 6.20 Å². The van der Waals surface area contributed by atoms with Crippen molar-refractivity contribution in [3.63, 3.8) is 0 Å². The molecule has 4 nitrogen and oxygen atoms in total. The number of carbonyl (C=O) groups is 1. The monoisotopic (exact) mass is 326 g/mol. The number of anilines is 1. The van der Waals surface area contributed by atoms with E-state index in [1.807, 2.05) is 31.2 Å². The molecule has 2 aromatic rings. The molecule has 1 aromatic heterocycles. The summed E-state index contributed by atoms with van der Waals surface area (Å²) in [5.74, 6) is 0.429. The molecule has 24 heavy (non-hydrogen) atoms. The van der Waals surface area contributed by atoms with Crippen molar-refractivity contribution >= 4 is 11.6 Å². The normalized spacial score (nSPS) is 11.1. The Hall–Kier alpha value is -2.36. The van der Waals surface area contributed by atoms with Crippen LogP contribution in [-0.4, -0.2) is 10.5 Å². The molecule has 0 radical (unpaired) electrons. The van der Waals surface area contributed by atoms with Crippen LogP contribution in [0.2, 0.25) is 0 Å². The van der Waals surface area contributed by atoms with Gasteiger partial charge in [0, 0.05) is 18.0 Å². The van der Waals surface area contributed by atoms with Gasteiger partial charge in [-0.2, -0.15) is 0 Å². The van der Waals surface area contributed by atoms with Gasteiger partial charge in [0.15, 0.2) is 0 Å². The van der Waals surface area contributed by atoms with Crippen molar-refractivity contribution in [1.82, 2.24) is 4.57 Å². The second-order valence-corrected chi connectivity index (χ2v) is 6.84. The molecule has 1 amide bonds. The number of amides is 1. The Morgan fingerprint density at radius 1 is 1.08 bits per heavy atom. The molecule has 4 heteroatoms. The van der Waals surface area contributed by atoms with E-state index in [4.69, 9.17) is 0 Å². The fourth-order valence-electron chi connectivity index (χ4n) is 2.77. The molecule has 0 spiro atoms. The second kappa shape index (κ2) is 7.47. The van der Waals surface area contributed by atoms with E-state index in [2.05, 4.69) is 33.0 Å². The van der Waals surface area contributed by atoms with Gasteiger partial charge in [-0.15, -0.1) is 0 Å². The number of aryl methyl sites for hydroxylation is 1. The third-order valence-corrected chi connectivity index (χ3v) is 4.10. The number of benzene rings is 1. The Morgan fingerprint density at radius 3 is 2.17 bits per heavy atom. The van der Waals surface area contributed by atoms with Gasteiger partial charge in [0.1, 0.15) is 6.54 Å². The maximum atomic E-state index is 12.5. The summed E-state index contributed by atoms with van der Waals surface area (Å²) in [4.78, 5) is 24.5. The van der Waals surface area contributed by atoms with Crippen LogP contribution in [0.4, 0.5) is 5.69 Å². The smallest absolute Gasteiger partial charge is 0.251 e. The Kier molecular flexibility index (Phi) is 5.60. The highest BCUT2D eigenvalue weighted by molar-refractivity contribution is 5.92. The summed E-state index contributed by atoms with van der Waals surface area (Å²) in [6.07, 6.45) is 1.66. The summed E-state index contributed by atoms with van der Waals surface area (Å²) in [6, 6.07) is 9.49. The van der Waals surface area contributed by atoms with E-state index in [1.165, 1.54) is 10.6 Å². The van der Waals surface area contributed by atoms with Crippen molar-refractivity contribution in [2.75, 3.05) is 5.32 Å². The van der Waals surface area contributed by atoms with Crippen molar-refractivity contribution in [3.05, 3.63) is 63.6 Å². The predicted molar refractivity (Wildman–Crippen MR) is 98.7 cm³/mol. The van der Waals surface area contributed by atoms with Crippen LogP contribution in [0.25, 0.3) is 0 Å². The van der Waals surface area contributed by atoms with Gasteiger partial charge < -0.3 is 9.88 Å². The topological polar surface area (TPSA) is 51.1 Å². The van der Waals surface area contributed by atoms with Gasteiger partial charge in [-0.05, 0) is 41.5 Å². The first-order valence-electron chi connectivity index (χ1n) is 8.39. The van der Waals surface area contributed by atoms with Crippen LogP contribution in [-0.2, 0) is 11.3 Å². The summed E-state index contributed by atoms with van der Waals surface area (Å²) in [6.45, 7) is 10.3. The zero-order valence-corrected chi connectivity index (χ0v) is 15.1. The van der Waals surface area contributed by atoms with Crippen molar-refractivity contribution in [2.24, 2.45) is 0 Å². The van der Waals surface area contributed by atoms with Crippen LogP contribution >= 0.6 is 0 Å². The maximum Gasteiger partial charge on any atom is 0.251 e. The number of aromatic nitrogens is 1. The average molecular weight is 326 g/mol. The van der Waals surface area contributed by atoms with E-state index < -0.39 is 0 Å². The van der Waals surface area contributed by atoms with Gasteiger partial charge in [0.2, 0.25) is 5.91 Å². The molecule has 0 saturated heterocycles. The zero-order valence-electron chi connectivity index (χ0n) is 15.1. The number of nitrogens with one attached hydrogen (secondary N) is 1. The maximum absolute atomic E-state index is 12.5. The van der Waals surface area contributed by atoms with Crippen LogP contribution in [0.3, 0.4) is 0 Å². The zero-order chi connectivity index (χ0) is 17.9. The van der Waals surface area contributed by atoms with E-state index in [0.717, 1.165) is 22.4 Å². The third kappa shape index (κ3) is 4.13. The van der Waals surface area contributed by atoms with Crippen molar-refractivity contribution in [1.29, 1.82) is 0 Å². The fraction of sp³-hybridized carbons (Fsp3) is 0.400. The molecule has 128 valence electrons. The van der Waals surface area contributed by atoms with Crippen LogP contribution in [0.1, 0.15) is 56.2 Å². The van der Waals surface area contributed by atoms with E-state index >= 15 is 0 Å². The number of hydrogen-bond acceptors (Lipinski definition) is 2. The Bertz CT molecular complexity index is 762. The van der Waals surface area contributed by atoms with Gasteiger partial charge >= 0.3 is 0 Å². The number of pyridine rings is 1. The number of carbonyl (C=O) groups excluding carboxylic acids is 1. The van der Waals surface area contributed by atoms with Gasteiger partial charge in [0.25, 0.3) is 5.56 Å². The quantitative estimate of drug-likeness (QED) is 0.901. The molecule has 1 N–H and O–H groups in total. The fourth-order valence-corrected chi connectivity index (χ4v) is 2.77. The van der Waals surface area contributed by atoms with E-state index in [9.17, 15) is 9.59 Å². The highest BCUT2D eigenvalue weighted by Crippen LogP contribution is 2.32. The Balaban J connectivity index is 2.29. The highest BCUT2D eigenvalue weighted by Gasteiger charge is 2.16. The number of nitrogens with zero attached hydrogens (tertiary/aromatic N) is 1. The van der Waals surface area contributed by atoms with Crippen LogP contribution in [0.15, 0.2) is 41.3 Å². The molecular formula is C20H26N2O2. The molecule has 0 saturated carbocycles. The predicted octanol–water partition coefficient (Wildman–Crippen LogP) is 4.04. The standard InChI is InChI=1S/C20H26N2O2/c1-13(2)16-7-6-8-17(14(3)4)20(16)21-18(23)12-22-10-9-15(5)11-19(22)24/h6-11,13-14H,12H2,1-5H3,(H,21,23). The first-order valence-corrected chi connectivity index (χ1v) is 8.39. The van der Waals surface area contributed by atoms with Crippen molar-refractivity contribution < 1.29 is 4.79 Å². The summed E-state index contributed by atoms with van der Waals surface area (Å²) >= 11 is 0. The van der Waals surface area contributed by atoms with E-state index in [0.29, 0.717) is 11.8 Å². The summed E-state index contributed by atoms with van der Waals surface area (Å²) in [7, 11) is 0. The molecule has 0 unspecified atom stereocenters. The lowest BCUT2D eigenvalue weighted by Crippen LogP contribution is -2.27. The Morgan fingerprint density at radius 2 is 1.67 bits per heavy atom. The van der Waals surface area contributed by atoms with Gasteiger partial charge in [-0.3, -0.25) is 9.59 Å². The van der Waals surface area contributed by atoms with Crippen LogP contribution < -0.4 is 10.9 Å². The lowest BCUT2D eigenvalue weighted by molar-refractivity contribution is -0.116. The lowest BCUT2D eigenvalue weighted by atomic mass is 9.92. The first kappa shape index (κ1) is 18.0. The minimum Gasteiger partial charge on any atom is -0.324 e. The first-order chi connectivity index (χ1) is 11.3. The summed E-state index contributed by atoms with van der Waals surface area (Å²) < 4.78 is 1.43. The average Bonchev–Trinajstić information content (AvgIpc) is 2.49. The molecular weight excluding hydrogens is 300 g/mol. The van der Waals surface area contributed by atoms with Crippen LogP contribution in [0.5, 0.6) is 0 Å². The molecule has 1 aromatic carbocycles. The van der Waals surface area contributed by atoms with Crippen LogP contribution in [0, 0.1) is 6.92 Å². The number of rotatable bonds is 5. The van der Waals surface area contributed by atoms with Gasteiger partial charge in [-0.1, -0.05) is 45.9 Å². The highest BCUT2D eigenvalue weighted by atomic mass is 16.2. The minimum atomic E-state index is -0.184. The lowest BCUT2D eigenvalue weighted by Gasteiger charge is -2.20. The molecule has 0 aliphatic rings. The molecule has 0 bridgehead atoms. The molecule has 2 rings (SSSR count). The molecule has 0 aliphatic carbocycles. The molecule has 1 heterocycles. The minimum absolute atomic E-state index is 0.0169. The number of hydrogen-bond donors (Lipinski definition) is 1. The van der Waals surface area contributed by atoms with Gasteiger partial charge in [-0.25, -0.2) is 0 Å². The third-order valence-electron chi connectivity index (χ3n) is 4.10. The molecule has 0 aliphatic heterocycles. The van der Waals surface area contributed by atoms with Crippen molar-refractivity contribution in [2.45, 2.75) is 53.0 Å². The largest absolute Gasteiger partial charge is 0.324 e. The van der Waals surface area contributed by atoms with E-state index in [-0.39, 0.29) is 18.0 Å². The SMILES string of the molecule is Cc1ccn(CC(=O)Nc2c(C(C)C)cccc2C(C)C)c(=O)c1. The summed E-state index contributed by atoms with van der Waals surface area (Å²) in [5.41, 5.74) is 3.85. The number of para-hydroxylation sites is 1. The molecule has 0 atom stereocenters. The molecule has 0 fully saturated rings. The van der Waals surface area contributed by atoms with Crippen molar-refractivity contribution in [3.8, 4) is 0 Å². The second-order valence-electron chi connectivity index (χ2n) is 6.84.